The van der Waals surface area contributed by atoms with Crippen LogP contribution in [0.25, 0.3) is 0 Å². The van der Waals surface area contributed by atoms with Crippen molar-refractivity contribution in [1.29, 1.82) is 0 Å². The van der Waals surface area contributed by atoms with Gasteiger partial charge >= 0.3 is 12.4 Å². The fraction of sp³-hybridized carbons (Fsp3) is 0.444. The van der Waals surface area contributed by atoms with E-state index in [1.165, 1.54) is 6.07 Å². The van der Waals surface area contributed by atoms with Crippen LogP contribution in [0.4, 0.5) is 26.3 Å². The zero-order chi connectivity index (χ0) is 14.0. The minimum atomic E-state index is -5.57. The maximum Gasteiger partial charge on any atom is 0.434 e. The molecule has 0 unspecified atom stereocenters. The van der Waals surface area contributed by atoms with E-state index >= 15 is 0 Å². The average molecular weight is 294 g/mol. The molecular weight excluding hydrogens is 288 g/mol. The Kier molecular flexibility index (Phi) is 4.31. The van der Waals surface area contributed by atoms with Gasteiger partial charge in [-0.05, 0) is 11.6 Å². The van der Waals surface area contributed by atoms with Crippen molar-refractivity contribution in [2.24, 2.45) is 0 Å². The van der Waals surface area contributed by atoms with Gasteiger partial charge in [0, 0.05) is 18.1 Å². The van der Waals surface area contributed by atoms with E-state index in [0.717, 1.165) is 12.3 Å². The maximum absolute atomic E-state index is 12.2. The molecule has 0 aromatic carbocycles. The van der Waals surface area contributed by atoms with Gasteiger partial charge in [0.15, 0.2) is 0 Å². The van der Waals surface area contributed by atoms with Crippen LogP contribution in [0.3, 0.4) is 0 Å². The van der Waals surface area contributed by atoms with Gasteiger partial charge in [0.2, 0.25) is 5.88 Å². The number of hydrogen-bond acceptors (Lipinski definition) is 2. The van der Waals surface area contributed by atoms with Crippen molar-refractivity contribution in [2.45, 2.75) is 24.3 Å². The molecular formula is C9H6ClF6NO. The van der Waals surface area contributed by atoms with Crippen molar-refractivity contribution in [3.05, 3.63) is 23.9 Å². The Morgan fingerprint density at radius 1 is 1.17 bits per heavy atom. The highest BCUT2D eigenvalue weighted by molar-refractivity contribution is 6.17. The molecule has 1 heterocycles. The van der Waals surface area contributed by atoms with Gasteiger partial charge in [-0.1, -0.05) is 0 Å². The topological polar surface area (TPSA) is 22.1 Å². The Hall–Kier alpha value is -1.18. The molecule has 1 rings (SSSR count). The summed E-state index contributed by atoms with van der Waals surface area (Å²) in [7, 11) is 0. The fourth-order valence-electron chi connectivity index (χ4n) is 1.04. The summed E-state index contributed by atoms with van der Waals surface area (Å²) < 4.78 is 77.0. The van der Waals surface area contributed by atoms with E-state index < -0.39 is 24.3 Å². The zero-order valence-corrected chi connectivity index (χ0v) is 9.27. The van der Waals surface area contributed by atoms with Crippen LogP contribution in [0.2, 0.25) is 0 Å². The van der Waals surface area contributed by atoms with Crippen molar-refractivity contribution in [1.82, 2.24) is 4.98 Å². The number of rotatable bonds is 3. The Morgan fingerprint density at radius 2 is 1.72 bits per heavy atom. The summed E-state index contributed by atoms with van der Waals surface area (Å²) in [4.78, 5) is 3.27. The number of aromatic nitrogens is 1. The van der Waals surface area contributed by atoms with Gasteiger partial charge in [0.1, 0.15) is 0 Å². The van der Waals surface area contributed by atoms with E-state index in [1.807, 2.05) is 0 Å². The van der Waals surface area contributed by atoms with Crippen LogP contribution >= 0.6 is 11.6 Å². The van der Waals surface area contributed by atoms with Gasteiger partial charge in [-0.3, -0.25) is 0 Å². The van der Waals surface area contributed by atoms with Gasteiger partial charge in [0.05, 0.1) is 0 Å². The average Bonchev–Trinajstić information content (AvgIpc) is 2.23. The lowest BCUT2D eigenvalue weighted by atomic mass is 10.3. The summed E-state index contributed by atoms with van der Waals surface area (Å²) in [6.07, 6.45) is -14.0. The Labute approximate surface area is 103 Å². The third kappa shape index (κ3) is 3.94. The predicted octanol–water partition coefficient (Wildman–Crippen LogP) is 3.69. The van der Waals surface area contributed by atoms with Crippen molar-refractivity contribution in [3.8, 4) is 5.88 Å². The molecule has 1 aromatic heterocycles. The minimum Gasteiger partial charge on any atom is -0.455 e. The second kappa shape index (κ2) is 5.21. The number of halogens is 7. The van der Waals surface area contributed by atoms with Crippen LogP contribution in [0, 0.1) is 0 Å². The third-order valence-electron chi connectivity index (χ3n) is 1.79. The molecule has 1 aromatic rings. The van der Waals surface area contributed by atoms with Gasteiger partial charge in [-0.2, -0.15) is 26.3 Å². The highest BCUT2D eigenvalue weighted by Gasteiger charge is 2.59. The number of alkyl halides is 7. The Bertz CT molecular complexity index is 391. The largest absolute Gasteiger partial charge is 0.455 e. The number of ether oxygens (including phenoxy) is 1. The van der Waals surface area contributed by atoms with Crippen molar-refractivity contribution < 1.29 is 31.1 Å². The molecule has 0 amide bonds. The highest BCUT2D eigenvalue weighted by atomic mass is 35.5. The molecule has 0 saturated heterocycles. The third-order valence-corrected chi connectivity index (χ3v) is 2.10. The quantitative estimate of drug-likeness (QED) is 0.626. The molecule has 0 radical (unpaired) electrons. The molecule has 2 nitrogen and oxygen atoms in total. The first-order valence-corrected chi connectivity index (χ1v) is 4.99. The Morgan fingerprint density at radius 3 is 2.17 bits per heavy atom. The molecule has 0 saturated carbocycles. The van der Waals surface area contributed by atoms with Crippen LogP contribution in [-0.2, 0) is 5.88 Å². The molecule has 0 aliphatic carbocycles. The lowest BCUT2D eigenvalue weighted by Crippen LogP contribution is -2.46. The molecule has 9 heteroatoms. The van der Waals surface area contributed by atoms with Crippen molar-refractivity contribution >= 4 is 11.6 Å². The molecule has 0 atom stereocenters. The summed E-state index contributed by atoms with van der Waals surface area (Å²) in [5.74, 6) is -0.866. The molecule has 0 bridgehead atoms. The van der Waals surface area contributed by atoms with Crippen molar-refractivity contribution in [2.75, 3.05) is 0 Å². The first kappa shape index (κ1) is 14.9. The van der Waals surface area contributed by atoms with Crippen LogP contribution in [-0.4, -0.2) is 23.4 Å². The van der Waals surface area contributed by atoms with E-state index in [0.29, 0.717) is 5.56 Å². The van der Waals surface area contributed by atoms with Crippen molar-refractivity contribution in [3.63, 3.8) is 0 Å². The predicted molar refractivity (Wildman–Crippen MR) is 50.3 cm³/mol. The first-order chi connectivity index (χ1) is 8.14. The minimum absolute atomic E-state index is 0.0818. The number of pyridine rings is 1. The summed E-state index contributed by atoms with van der Waals surface area (Å²) >= 11 is 5.39. The molecule has 0 fully saturated rings. The lowest BCUT2D eigenvalue weighted by Gasteiger charge is -2.23. The van der Waals surface area contributed by atoms with E-state index in [4.69, 9.17) is 11.6 Å². The summed E-state index contributed by atoms with van der Waals surface area (Å²) in [5, 5.41) is 0. The first-order valence-electron chi connectivity index (χ1n) is 4.45. The van der Waals surface area contributed by atoms with Gasteiger partial charge < -0.3 is 4.74 Å². The normalized spacial score (nSPS) is 12.9. The molecule has 0 aliphatic rings. The zero-order valence-electron chi connectivity index (χ0n) is 8.52. The smallest absolute Gasteiger partial charge is 0.434 e. The second-order valence-corrected chi connectivity index (χ2v) is 3.48. The molecule has 0 spiro atoms. The molecule has 102 valence electrons. The van der Waals surface area contributed by atoms with E-state index in [2.05, 4.69) is 9.72 Å². The summed E-state index contributed by atoms with van der Waals surface area (Å²) in [6, 6.07) is 2.26. The summed E-state index contributed by atoms with van der Waals surface area (Å²) in [5.41, 5.74) is 0.296. The van der Waals surface area contributed by atoms with E-state index in [-0.39, 0.29) is 5.88 Å². The second-order valence-electron chi connectivity index (χ2n) is 3.22. The summed E-state index contributed by atoms with van der Waals surface area (Å²) in [6.45, 7) is 0. The molecule has 0 N–H and O–H groups in total. The number of nitrogens with zero attached hydrogens (tertiary/aromatic N) is 1. The number of hydrogen-bond donors (Lipinski definition) is 0. The van der Waals surface area contributed by atoms with Gasteiger partial charge in [0.25, 0.3) is 6.10 Å². The van der Waals surface area contributed by atoms with Gasteiger partial charge in [-0.25, -0.2) is 4.98 Å². The SMILES string of the molecule is FC(F)(F)C(Oc1cc(CCl)ccn1)C(F)(F)F. The van der Waals surface area contributed by atoms with Crippen LogP contribution in [0.15, 0.2) is 18.3 Å². The Balaban J connectivity index is 2.97. The van der Waals surface area contributed by atoms with Crippen LogP contribution in [0.1, 0.15) is 5.56 Å². The van der Waals surface area contributed by atoms with E-state index in [1.54, 1.807) is 0 Å². The lowest BCUT2D eigenvalue weighted by molar-refractivity contribution is -0.300. The highest BCUT2D eigenvalue weighted by Crippen LogP contribution is 2.36. The monoisotopic (exact) mass is 293 g/mol. The van der Waals surface area contributed by atoms with E-state index in [9.17, 15) is 26.3 Å². The van der Waals surface area contributed by atoms with Crippen LogP contribution in [0.5, 0.6) is 5.88 Å². The standard InChI is InChI=1S/C9H6ClF6NO/c10-4-5-1-2-17-6(3-5)18-7(8(11,12)13)9(14,15)16/h1-3,7H,4H2. The maximum atomic E-state index is 12.2. The molecule has 18 heavy (non-hydrogen) atoms. The molecule has 0 aliphatic heterocycles. The van der Waals surface area contributed by atoms with Gasteiger partial charge in [-0.15, -0.1) is 11.6 Å². The fourth-order valence-corrected chi connectivity index (χ4v) is 1.20. The van der Waals surface area contributed by atoms with Crippen LogP contribution < -0.4 is 4.74 Å².